The molecule has 1 aromatic carbocycles. The number of nitrogen functional groups attached to an aromatic ring is 1. The van der Waals surface area contributed by atoms with E-state index < -0.39 is 0 Å². The van der Waals surface area contributed by atoms with Gasteiger partial charge in [0, 0.05) is 0 Å². The second-order valence-corrected chi connectivity index (χ2v) is 2.17. The van der Waals surface area contributed by atoms with Gasteiger partial charge in [-0.2, -0.15) is 18.6 Å². The summed E-state index contributed by atoms with van der Waals surface area (Å²) in [6.07, 6.45) is 1.73. The third-order valence-electron chi connectivity index (χ3n) is 1.37. The summed E-state index contributed by atoms with van der Waals surface area (Å²) in [7, 11) is 0. The average Bonchev–Trinajstić information content (AvgIpc) is 1.88. The smallest absolute Gasteiger partial charge is 0.408 e. The van der Waals surface area contributed by atoms with Gasteiger partial charge in [0.1, 0.15) is 0 Å². The summed E-state index contributed by atoms with van der Waals surface area (Å²) in [6, 6.07) is 5.65. The minimum atomic E-state index is 0. The van der Waals surface area contributed by atoms with E-state index in [0.717, 1.165) is 16.8 Å². The van der Waals surface area contributed by atoms with E-state index in [2.05, 4.69) is 13.5 Å². The molecule has 1 aromatic rings. The molecule has 0 bridgehead atoms. The summed E-state index contributed by atoms with van der Waals surface area (Å²) in [5, 5.41) is 0. The molecule has 0 unspecified atom stereocenters. The average molecular weight is 265 g/mol. The fourth-order valence-electron chi connectivity index (χ4n) is 0.810. The van der Waals surface area contributed by atoms with Crippen LogP contribution in [0.15, 0.2) is 24.8 Å². The fourth-order valence-corrected chi connectivity index (χ4v) is 0.810. The standard InChI is InChI=1S/C9H10N.Cs/c1-3-8-5-4-7(2)6-9(8)10;/h3-6H,1-2,10H2;/q-1;+1. The Kier molecular flexibility index (Phi) is 5.68. The van der Waals surface area contributed by atoms with Crippen molar-refractivity contribution in [1.82, 2.24) is 0 Å². The molecule has 0 aliphatic carbocycles. The van der Waals surface area contributed by atoms with Crippen molar-refractivity contribution in [2.45, 2.75) is 0 Å². The van der Waals surface area contributed by atoms with Crippen LogP contribution < -0.4 is 74.6 Å². The van der Waals surface area contributed by atoms with E-state index in [4.69, 9.17) is 5.73 Å². The molecule has 0 aromatic heterocycles. The Bertz CT molecular complexity index is 256. The number of nitrogens with two attached hydrogens (primary N) is 1. The topological polar surface area (TPSA) is 26.0 Å². The molecule has 2 N–H and O–H groups in total. The maximum Gasteiger partial charge on any atom is 1.00 e. The Balaban J connectivity index is 0.000001000. The van der Waals surface area contributed by atoms with Gasteiger partial charge >= 0.3 is 68.9 Å². The molecule has 1 rings (SSSR count). The van der Waals surface area contributed by atoms with Crippen LogP contribution in [-0.4, -0.2) is 0 Å². The van der Waals surface area contributed by atoms with Crippen LogP contribution in [0.2, 0.25) is 0 Å². The number of hydrogen-bond acceptors (Lipinski definition) is 1. The third kappa shape index (κ3) is 3.27. The molecule has 0 aliphatic heterocycles. The predicted octanol–water partition coefficient (Wildman–Crippen LogP) is -0.902. The molecule has 0 spiro atoms. The van der Waals surface area contributed by atoms with E-state index >= 15 is 0 Å². The van der Waals surface area contributed by atoms with Crippen LogP contribution in [0, 0.1) is 6.92 Å². The number of hydrogen-bond donors (Lipinski definition) is 1. The zero-order valence-corrected chi connectivity index (χ0v) is 13.1. The van der Waals surface area contributed by atoms with Crippen LogP contribution in [-0.2, 0) is 0 Å². The van der Waals surface area contributed by atoms with Gasteiger partial charge in [0.05, 0.1) is 0 Å². The third-order valence-corrected chi connectivity index (χ3v) is 1.37. The fraction of sp³-hybridized carbons (Fsp3) is 0. The van der Waals surface area contributed by atoms with E-state index in [0.29, 0.717) is 0 Å². The molecule has 1 nitrogen and oxygen atoms in total. The van der Waals surface area contributed by atoms with E-state index in [1.54, 1.807) is 6.08 Å². The molecule has 0 saturated heterocycles. The second-order valence-electron chi connectivity index (χ2n) is 2.17. The molecule has 2 heteroatoms. The maximum absolute atomic E-state index is 5.62. The molecule has 0 radical (unpaired) electrons. The maximum atomic E-state index is 5.62. The zero-order chi connectivity index (χ0) is 7.56. The molecule has 0 heterocycles. The van der Waals surface area contributed by atoms with Gasteiger partial charge in [0.2, 0.25) is 0 Å². The predicted molar refractivity (Wildman–Crippen MR) is 45.4 cm³/mol. The normalized spacial score (nSPS) is 8.36. The Hall–Kier alpha value is 0.682. The van der Waals surface area contributed by atoms with Gasteiger partial charge in [-0.15, -0.1) is 12.1 Å². The molecule has 0 saturated carbocycles. The molecular formula is C9H10CsN. The Morgan fingerprint density at radius 3 is 2.55 bits per heavy atom. The van der Waals surface area contributed by atoms with E-state index in [1.807, 2.05) is 18.2 Å². The van der Waals surface area contributed by atoms with Crippen LogP contribution in [0.5, 0.6) is 0 Å². The van der Waals surface area contributed by atoms with Crippen LogP contribution in [0.1, 0.15) is 11.1 Å². The summed E-state index contributed by atoms with van der Waals surface area (Å²) < 4.78 is 0. The first-order valence-corrected chi connectivity index (χ1v) is 3.08. The van der Waals surface area contributed by atoms with Crippen molar-refractivity contribution in [2.75, 3.05) is 5.73 Å². The molecule has 0 aliphatic rings. The van der Waals surface area contributed by atoms with Crippen LogP contribution in [0.4, 0.5) is 5.69 Å². The van der Waals surface area contributed by atoms with Crippen molar-refractivity contribution in [3.8, 4) is 0 Å². The molecule has 0 amide bonds. The summed E-state index contributed by atoms with van der Waals surface area (Å²) in [5.74, 6) is 0. The Morgan fingerprint density at radius 2 is 2.09 bits per heavy atom. The van der Waals surface area contributed by atoms with Gasteiger partial charge < -0.3 is 5.73 Å². The summed E-state index contributed by atoms with van der Waals surface area (Å²) in [6.45, 7) is 7.36. The summed E-state index contributed by atoms with van der Waals surface area (Å²) in [4.78, 5) is 0. The molecule has 11 heavy (non-hydrogen) atoms. The van der Waals surface area contributed by atoms with Crippen molar-refractivity contribution >= 4 is 11.8 Å². The molecule has 0 fully saturated rings. The molecule has 0 atom stereocenters. The van der Waals surface area contributed by atoms with Crippen molar-refractivity contribution in [1.29, 1.82) is 0 Å². The Labute approximate surface area is 126 Å². The van der Waals surface area contributed by atoms with E-state index in [9.17, 15) is 0 Å². The Morgan fingerprint density at radius 1 is 1.45 bits per heavy atom. The summed E-state index contributed by atoms with van der Waals surface area (Å²) >= 11 is 0. The van der Waals surface area contributed by atoms with Gasteiger partial charge in [-0.05, 0) is 11.3 Å². The zero-order valence-electron chi connectivity index (χ0n) is 6.80. The van der Waals surface area contributed by atoms with Crippen LogP contribution in [0.25, 0.3) is 6.08 Å². The van der Waals surface area contributed by atoms with Crippen molar-refractivity contribution in [2.24, 2.45) is 0 Å². The first-order chi connectivity index (χ1) is 4.74. The number of anilines is 1. The second kappa shape index (κ2) is 5.35. The van der Waals surface area contributed by atoms with Crippen LogP contribution >= 0.6 is 0 Å². The van der Waals surface area contributed by atoms with E-state index in [-0.39, 0.29) is 68.9 Å². The SMILES string of the molecule is C=Cc1ccc([CH2-])cc1N.[Cs+]. The van der Waals surface area contributed by atoms with Crippen LogP contribution in [0.3, 0.4) is 0 Å². The summed E-state index contributed by atoms with van der Waals surface area (Å²) in [5.41, 5.74) is 8.26. The quantitative estimate of drug-likeness (QED) is 0.517. The van der Waals surface area contributed by atoms with Gasteiger partial charge in [-0.1, -0.05) is 12.7 Å². The number of rotatable bonds is 1. The number of benzene rings is 1. The molecular weight excluding hydrogens is 255 g/mol. The minimum absolute atomic E-state index is 0. The van der Waals surface area contributed by atoms with Gasteiger partial charge in [0.25, 0.3) is 0 Å². The van der Waals surface area contributed by atoms with Gasteiger partial charge in [0.15, 0.2) is 0 Å². The van der Waals surface area contributed by atoms with Gasteiger partial charge in [-0.3, -0.25) is 0 Å². The monoisotopic (exact) mass is 265 g/mol. The first kappa shape index (κ1) is 11.7. The van der Waals surface area contributed by atoms with E-state index in [1.165, 1.54) is 0 Å². The minimum Gasteiger partial charge on any atom is -0.408 e. The largest absolute Gasteiger partial charge is 1.00 e. The first-order valence-electron chi connectivity index (χ1n) is 3.08. The van der Waals surface area contributed by atoms with Crippen molar-refractivity contribution < 1.29 is 68.9 Å². The van der Waals surface area contributed by atoms with Crippen molar-refractivity contribution in [3.05, 3.63) is 42.8 Å². The van der Waals surface area contributed by atoms with Crippen molar-refractivity contribution in [3.63, 3.8) is 0 Å². The molecule has 52 valence electrons. The van der Waals surface area contributed by atoms with Gasteiger partial charge in [-0.25, -0.2) is 0 Å².